The van der Waals surface area contributed by atoms with Crippen LogP contribution in [0.5, 0.6) is 0 Å². The third-order valence-electron chi connectivity index (χ3n) is 5.02. The number of carbonyl (C=O) groups is 1. The predicted molar refractivity (Wildman–Crippen MR) is 119 cm³/mol. The van der Waals surface area contributed by atoms with Gasteiger partial charge in [-0.15, -0.1) is 0 Å². The summed E-state index contributed by atoms with van der Waals surface area (Å²) < 4.78 is 32.3. The number of nitrogens with zero attached hydrogens (tertiary/aromatic N) is 2. The Morgan fingerprint density at radius 1 is 1.10 bits per heavy atom. The van der Waals surface area contributed by atoms with Crippen molar-refractivity contribution in [1.82, 2.24) is 4.31 Å². The number of nitrogens with one attached hydrogen (secondary N) is 1. The summed E-state index contributed by atoms with van der Waals surface area (Å²) in [5.74, 6) is -0.401. The number of amides is 1. The molecule has 3 rings (SSSR count). The molecule has 1 aliphatic rings. The van der Waals surface area contributed by atoms with E-state index in [0.29, 0.717) is 32.0 Å². The molecular weight excluding hydrogens is 426 g/mol. The van der Waals surface area contributed by atoms with Gasteiger partial charge < -0.3 is 15.0 Å². The molecular formula is C21H26ClN3O4S. The molecule has 0 radical (unpaired) electrons. The van der Waals surface area contributed by atoms with Gasteiger partial charge in [0.1, 0.15) is 4.90 Å². The van der Waals surface area contributed by atoms with Crippen LogP contribution in [0, 0.1) is 0 Å². The van der Waals surface area contributed by atoms with Crippen LogP contribution in [0.15, 0.2) is 47.4 Å². The standard InChI is InChI=1S/C21H26ClN3O4S/c1-3-25(4-2)30(27,28)20-15-16(5-10-19(20)22)21(26)23-17-6-8-18(9-7-17)24-11-13-29-14-12-24/h5-10,15H,3-4,11-14H2,1-2H3,(H,23,26). The summed E-state index contributed by atoms with van der Waals surface area (Å²) in [5, 5.41) is 2.90. The van der Waals surface area contributed by atoms with Crippen LogP contribution in [0.2, 0.25) is 5.02 Å². The van der Waals surface area contributed by atoms with Gasteiger partial charge in [-0.2, -0.15) is 4.31 Å². The van der Waals surface area contributed by atoms with Gasteiger partial charge in [0, 0.05) is 43.1 Å². The van der Waals surface area contributed by atoms with E-state index in [4.69, 9.17) is 16.3 Å². The van der Waals surface area contributed by atoms with Crippen LogP contribution in [0.1, 0.15) is 24.2 Å². The largest absolute Gasteiger partial charge is 0.378 e. The molecule has 1 saturated heterocycles. The Labute approximate surface area is 182 Å². The average molecular weight is 452 g/mol. The molecule has 1 amide bonds. The monoisotopic (exact) mass is 451 g/mol. The van der Waals surface area contributed by atoms with Gasteiger partial charge in [-0.25, -0.2) is 8.42 Å². The number of sulfonamides is 1. The van der Waals surface area contributed by atoms with Crippen molar-refractivity contribution in [3.05, 3.63) is 53.1 Å². The molecule has 0 aliphatic carbocycles. The van der Waals surface area contributed by atoms with Crippen LogP contribution in [0.3, 0.4) is 0 Å². The Morgan fingerprint density at radius 3 is 2.33 bits per heavy atom. The fourth-order valence-corrected chi connectivity index (χ4v) is 5.28. The summed E-state index contributed by atoms with van der Waals surface area (Å²) in [7, 11) is -3.77. The smallest absolute Gasteiger partial charge is 0.255 e. The van der Waals surface area contributed by atoms with Crippen molar-refractivity contribution in [3.8, 4) is 0 Å². The fourth-order valence-electron chi connectivity index (χ4n) is 3.33. The van der Waals surface area contributed by atoms with Gasteiger partial charge >= 0.3 is 0 Å². The molecule has 1 aliphatic heterocycles. The Bertz CT molecular complexity index is 986. The molecule has 9 heteroatoms. The van der Waals surface area contributed by atoms with E-state index in [1.165, 1.54) is 22.5 Å². The van der Waals surface area contributed by atoms with Crippen molar-refractivity contribution >= 4 is 38.9 Å². The molecule has 1 N–H and O–H groups in total. The normalized spacial score (nSPS) is 14.7. The SMILES string of the molecule is CCN(CC)S(=O)(=O)c1cc(C(=O)Nc2ccc(N3CCOCC3)cc2)ccc1Cl. The first-order chi connectivity index (χ1) is 14.4. The van der Waals surface area contributed by atoms with Gasteiger partial charge in [0.15, 0.2) is 0 Å². The maximum absolute atomic E-state index is 12.8. The third-order valence-corrected chi connectivity index (χ3v) is 7.55. The van der Waals surface area contributed by atoms with Gasteiger partial charge in [0.05, 0.1) is 18.2 Å². The van der Waals surface area contributed by atoms with E-state index < -0.39 is 15.9 Å². The highest BCUT2D eigenvalue weighted by molar-refractivity contribution is 7.89. The van der Waals surface area contributed by atoms with Crippen molar-refractivity contribution < 1.29 is 17.9 Å². The van der Waals surface area contributed by atoms with Crippen molar-refractivity contribution in [2.24, 2.45) is 0 Å². The summed E-state index contributed by atoms with van der Waals surface area (Å²) in [4.78, 5) is 14.9. The number of benzene rings is 2. The lowest BCUT2D eigenvalue weighted by Crippen LogP contribution is -2.36. The van der Waals surface area contributed by atoms with Crippen molar-refractivity contribution in [3.63, 3.8) is 0 Å². The van der Waals surface area contributed by atoms with Crippen molar-refractivity contribution in [2.75, 3.05) is 49.6 Å². The third kappa shape index (κ3) is 4.95. The lowest BCUT2D eigenvalue weighted by Gasteiger charge is -2.28. The van der Waals surface area contributed by atoms with Gasteiger partial charge in [0.25, 0.3) is 5.91 Å². The molecule has 2 aromatic rings. The van der Waals surface area contributed by atoms with Gasteiger partial charge in [0.2, 0.25) is 10.0 Å². The maximum Gasteiger partial charge on any atom is 0.255 e. The maximum atomic E-state index is 12.8. The Balaban J connectivity index is 1.77. The summed E-state index contributed by atoms with van der Waals surface area (Å²) >= 11 is 6.14. The second-order valence-corrected chi connectivity index (χ2v) is 9.15. The molecule has 0 aromatic heterocycles. The number of anilines is 2. The first-order valence-corrected chi connectivity index (χ1v) is 11.7. The molecule has 30 heavy (non-hydrogen) atoms. The Hall–Kier alpha value is -2.13. The molecule has 1 fully saturated rings. The zero-order valence-corrected chi connectivity index (χ0v) is 18.7. The first kappa shape index (κ1) is 22.6. The van der Waals surface area contributed by atoms with E-state index in [9.17, 15) is 13.2 Å². The van der Waals surface area contributed by atoms with Crippen LogP contribution in [-0.4, -0.2) is 58.0 Å². The lowest BCUT2D eigenvalue weighted by molar-refractivity contribution is 0.102. The quantitative estimate of drug-likeness (QED) is 0.697. The van der Waals surface area contributed by atoms with E-state index in [0.717, 1.165) is 18.8 Å². The minimum absolute atomic E-state index is 0.0665. The fraction of sp³-hybridized carbons (Fsp3) is 0.381. The van der Waals surface area contributed by atoms with Crippen LogP contribution in [-0.2, 0) is 14.8 Å². The Kier molecular flexibility index (Phi) is 7.36. The van der Waals surface area contributed by atoms with Crippen LogP contribution >= 0.6 is 11.6 Å². The first-order valence-electron chi connectivity index (χ1n) is 9.90. The van der Waals surface area contributed by atoms with E-state index in [1.807, 2.05) is 24.3 Å². The summed E-state index contributed by atoms with van der Waals surface area (Å²) in [6.45, 7) is 7.22. The number of rotatable bonds is 7. The van der Waals surface area contributed by atoms with Gasteiger partial charge in [-0.05, 0) is 42.5 Å². The highest BCUT2D eigenvalue weighted by Gasteiger charge is 2.25. The highest BCUT2D eigenvalue weighted by Crippen LogP contribution is 2.26. The minimum Gasteiger partial charge on any atom is -0.378 e. The number of hydrogen-bond acceptors (Lipinski definition) is 5. The summed E-state index contributed by atoms with van der Waals surface area (Å²) in [5.41, 5.74) is 1.91. The molecule has 2 aromatic carbocycles. The molecule has 0 unspecified atom stereocenters. The number of hydrogen-bond donors (Lipinski definition) is 1. The average Bonchev–Trinajstić information content (AvgIpc) is 2.75. The molecule has 0 saturated carbocycles. The number of ether oxygens (including phenoxy) is 1. The number of carbonyl (C=O) groups excluding carboxylic acids is 1. The topological polar surface area (TPSA) is 79.0 Å². The van der Waals surface area contributed by atoms with Crippen LogP contribution in [0.25, 0.3) is 0 Å². The summed E-state index contributed by atoms with van der Waals surface area (Å²) in [6.07, 6.45) is 0. The number of halogens is 1. The van der Waals surface area contributed by atoms with E-state index in [-0.39, 0.29) is 15.5 Å². The molecule has 0 atom stereocenters. The lowest BCUT2D eigenvalue weighted by atomic mass is 10.2. The van der Waals surface area contributed by atoms with E-state index >= 15 is 0 Å². The summed E-state index contributed by atoms with van der Waals surface area (Å²) in [6, 6.07) is 11.8. The zero-order chi connectivity index (χ0) is 21.7. The van der Waals surface area contributed by atoms with Gasteiger partial charge in [-0.1, -0.05) is 25.4 Å². The molecule has 7 nitrogen and oxygen atoms in total. The van der Waals surface area contributed by atoms with Crippen LogP contribution < -0.4 is 10.2 Å². The zero-order valence-electron chi connectivity index (χ0n) is 17.1. The van der Waals surface area contributed by atoms with Gasteiger partial charge in [-0.3, -0.25) is 4.79 Å². The molecule has 0 bridgehead atoms. The number of morpholine rings is 1. The predicted octanol–water partition coefficient (Wildman–Crippen LogP) is 3.46. The van der Waals surface area contributed by atoms with E-state index in [2.05, 4.69) is 10.2 Å². The Morgan fingerprint density at radius 2 is 1.73 bits per heavy atom. The van der Waals surface area contributed by atoms with Crippen molar-refractivity contribution in [2.45, 2.75) is 18.7 Å². The van der Waals surface area contributed by atoms with E-state index in [1.54, 1.807) is 13.8 Å². The molecule has 1 heterocycles. The highest BCUT2D eigenvalue weighted by atomic mass is 35.5. The second-order valence-electron chi connectivity index (χ2n) is 6.83. The van der Waals surface area contributed by atoms with Crippen molar-refractivity contribution in [1.29, 1.82) is 0 Å². The second kappa shape index (κ2) is 9.78. The molecule has 0 spiro atoms. The van der Waals surface area contributed by atoms with Crippen LogP contribution in [0.4, 0.5) is 11.4 Å². The molecule has 162 valence electrons. The minimum atomic E-state index is -3.77.